The summed E-state index contributed by atoms with van der Waals surface area (Å²) in [5.41, 5.74) is 2.11. The van der Waals surface area contributed by atoms with Gasteiger partial charge in [0.2, 0.25) is 0 Å². The van der Waals surface area contributed by atoms with Crippen molar-refractivity contribution in [1.29, 1.82) is 0 Å². The molecule has 16 heavy (non-hydrogen) atoms. The van der Waals surface area contributed by atoms with Crippen LogP contribution >= 0.6 is 27.3 Å². The van der Waals surface area contributed by atoms with Gasteiger partial charge in [-0.2, -0.15) is 13.2 Å². The Morgan fingerprint density at radius 1 is 1.69 bits per heavy atom. The first kappa shape index (κ1) is 13.4. The van der Waals surface area contributed by atoms with E-state index in [1.165, 1.54) is 0 Å². The third kappa shape index (κ3) is 3.42. The molecule has 0 saturated carbocycles. The normalized spacial score (nSPS) is 15.0. The van der Waals surface area contributed by atoms with Crippen LogP contribution in [0.5, 0.6) is 0 Å². The minimum atomic E-state index is -4.39. The average Bonchev–Trinajstić information content (AvgIpc) is 2.59. The van der Waals surface area contributed by atoms with Crippen molar-refractivity contribution in [2.45, 2.75) is 19.1 Å². The molecular weight excluding hydrogens is 309 g/mol. The third-order valence-electron chi connectivity index (χ3n) is 1.61. The summed E-state index contributed by atoms with van der Waals surface area (Å²) in [6, 6.07) is -1.83. The molecule has 0 saturated heterocycles. The van der Waals surface area contributed by atoms with Crippen molar-refractivity contribution < 1.29 is 13.2 Å². The summed E-state index contributed by atoms with van der Waals surface area (Å²) < 4.78 is 37.3. The van der Waals surface area contributed by atoms with Crippen LogP contribution in [-0.4, -0.2) is 23.0 Å². The zero-order valence-corrected chi connectivity index (χ0v) is 10.4. The van der Waals surface area contributed by atoms with E-state index in [-0.39, 0.29) is 5.84 Å². The predicted molar refractivity (Wildman–Crippen MR) is 59.2 cm³/mol. The van der Waals surface area contributed by atoms with Gasteiger partial charge in [-0.1, -0.05) is 0 Å². The molecule has 0 aliphatic carbocycles. The number of nitrogens with two attached hydrogens (primary N) is 1. The van der Waals surface area contributed by atoms with E-state index in [9.17, 15) is 13.2 Å². The fraction of sp³-hybridized carbons (Fsp3) is 0.429. The molecule has 1 heterocycles. The maximum atomic E-state index is 12.3. The van der Waals surface area contributed by atoms with Gasteiger partial charge in [-0.05, 0) is 22.9 Å². The van der Waals surface area contributed by atoms with E-state index in [0.717, 1.165) is 18.3 Å². The Bertz CT molecular complexity index is 389. The van der Waals surface area contributed by atoms with E-state index in [1.807, 2.05) is 0 Å². The van der Waals surface area contributed by atoms with Crippen LogP contribution in [0.2, 0.25) is 0 Å². The lowest BCUT2D eigenvalue weighted by atomic mass is 10.3. The largest absolute Gasteiger partial charge is 0.410 e. The van der Waals surface area contributed by atoms with Gasteiger partial charge in [0.1, 0.15) is 10.6 Å². The summed E-state index contributed by atoms with van der Waals surface area (Å²) in [5.74, 6) is 5.03. The van der Waals surface area contributed by atoms with E-state index in [0.29, 0.717) is 9.61 Å². The number of amidine groups is 1. The number of hydrogen-bond donors (Lipinski definition) is 2. The maximum absolute atomic E-state index is 12.3. The molecule has 0 radical (unpaired) electrons. The second kappa shape index (κ2) is 5.11. The number of aromatic nitrogens is 1. The zero-order valence-electron chi connectivity index (χ0n) is 8.05. The van der Waals surface area contributed by atoms with E-state index in [4.69, 9.17) is 5.84 Å². The van der Waals surface area contributed by atoms with Gasteiger partial charge in [-0.15, -0.1) is 11.3 Å². The Balaban J connectivity index is 2.94. The highest BCUT2D eigenvalue weighted by atomic mass is 79.9. The predicted octanol–water partition coefficient (Wildman–Crippen LogP) is 2.07. The van der Waals surface area contributed by atoms with Crippen LogP contribution in [0.1, 0.15) is 11.9 Å². The van der Waals surface area contributed by atoms with Crippen LogP contribution in [0.4, 0.5) is 13.2 Å². The van der Waals surface area contributed by atoms with E-state index < -0.39 is 12.2 Å². The number of alkyl halides is 3. The lowest BCUT2D eigenvalue weighted by Gasteiger charge is -2.12. The molecule has 3 N–H and O–H groups in total. The summed E-state index contributed by atoms with van der Waals surface area (Å²) in [6.45, 7) is 0.944. The zero-order chi connectivity index (χ0) is 12.3. The number of hydrazine groups is 1. The van der Waals surface area contributed by atoms with Crippen LogP contribution in [0, 0.1) is 0 Å². The van der Waals surface area contributed by atoms with Crippen LogP contribution in [0.3, 0.4) is 0 Å². The highest BCUT2D eigenvalue weighted by molar-refractivity contribution is 9.10. The Kier molecular flexibility index (Phi) is 4.28. The first-order chi connectivity index (χ1) is 7.34. The molecule has 0 aromatic carbocycles. The molecule has 0 unspecified atom stereocenters. The Morgan fingerprint density at radius 3 is 2.69 bits per heavy atom. The molecule has 0 aliphatic heterocycles. The smallest absolute Gasteiger partial charge is 0.306 e. The molecule has 0 aliphatic rings. The summed E-state index contributed by atoms with van der Waals surface area (Å²) in [5, 5.41) is 1.92. The van der Waals surface area contributed by atoms with Gasteiger partial charge in [0.15, 0.2) is 10.8 Å². The lowest BCUT2D eigenvalue weighted by molar-refractivity contribution is -0.142. The number of nitrogens with one attached hydrogen (secondary N) is 1. The molecule has 4 nitrogen and oxygen atoms in total. The average molecular weight is 317 g/mol. The van der Waals surface area contributed by atoms with Gasteiger partial charge >= 0.3 is 6.18 Å². The van der Waals surface area contributed by atoms with Crippen molar-refractivity contribution in [3.63, 3.8) is 0 Å². The standard InChI is InChI=1S/C7H8BrF3N4S/c1-3(7(9,10)11)13-5(15-12)6-14-4(8)2-16-6/h2-3H,12H2,1H3,(H,13,15)/t3-/m1/s1. The lowest BCUT2D eigenvalue weighted by Crippen LogP contribution is -2.34. The Labute approximate surface area is 102 Å². The second-order valence-electron chi connectivity index (χ2n) is 2.82. The molecule has 0 spiro atoms. The first-order valence-corrected chi connectivity index (χ1v) is 5.74. The highest BCUT2D eigenvalue weighted by Gasteiger charge is 2.36. The molecule has 0 amide bonds. The van der Waals surface area contributed by atoms with E-state index in [2.05, 4.69) is 31.3 Å². The van der Waals surface area contributed by atoms with Crippen molar-refractivity contribution in [2.24, 2.45) is 10.8 Å². The molecule has 0 bridgehead atoms. The molecule has 90 valence electrons. The van der Waals surface area contributed by atoms with Crippen molar-refractivity contribution in [2.75, 3.05) is 0 Å². The minimum Gasteiger partial charge on any atom is -0.306 e. The molecule has 1 atom stereocenters. The van der Waals surface area contributed by atoms with Gasteiger partial charge in [0, 0.05) is 5.38 Å². The summed E-state index contributed by atoms with van der Waals surface area (Å²) in [4.78, 5) is 7.34. The Hall–Kier alpha value is -0.670. The van der Waals surface area contributed by atoms with Crippen LogP contribution in [0.15, 0.2) is 15.0 Å². The first-order valence-electron chi connectivity index (χ1n) is 4.07. The number of thiazole rings is 1. The number of rotatable bonds is 2. The van der Waals surface area contributed by atoms with Crippen molar-refractivity contribution in [3.05, 3.63) is 15.0 Å². The molecule has 9 heteroatoms. The number of hydrogen-bond acceptors (Lipinski definition) is 4. The van der Waals surface area contributed by atoms with E-state index >= 15 is 0 Å². The minimum absolute atomic E-state index is 0.0828. The Morgan fingerprint density at radius 2 is 2.31 bits per heavy atom. The van der Waals surface area contributed by atoms with Crippen LogP contribution in [0.25, 0.3) is 0 Å². The molecule has 1 rings (SSSR count). The number of nitrogens with zero attached hydrogens (tertiary/aromatic N) is 2. The van der Waals surface area contributed by atoms with Gasteiger partial charge in [-0.25, -0.2) is 10.8 Å². The molecule has 1 aromatic rings. The van der Waals surface area contributed by atoms with E-state index in [1.54, 1.807) is 5.38 Å². The summed E-state index contributed by atoms with van der Waals surface area (Å²) in [7, 11) is 0. The van der Waals surface area contributed by atoms with Gasteiger partial charge < -0.3 is 5.43 Å². The van der Waals surface area contributed by atoms with Gasteiger partial charge in [0.05, 0.1) is 0 Å². The monoisotopic (exact) mass is 316 g/mol. The van der Waals surface area contributed by atoms with Crippen molar-refractivity contribution >= 4 is 33.1 Å². The third-order valence-corrected chi connectivity index (χ3v) is 3.17. The topological polar surface area (TPSA) is 63.3 Å². The van der Waals surface area contributed by atoms with Crippen LogP contribution in [-0.2, 0) is 0 Å². The quantitative estimate of drug-likeness (QED) is 0.380. The fourth-order valence-corrected chi connectivity index (χ4v) is 1.99. The maximum Gasteiger partial charge on any atom is 0.410 e. The SMILES string of the molecule is C[C@@H](N=C(NN)c1nc(Br)cs1)C(F)(F)F. The summed E-state index contributed by atoms with van der Waals surface area (Å²) >= 11 is 4.23. The van der Waals surface area contributed by atoms with Crippen molar-refractivity contribution in [1.82, 2.24) is 10.4 Å². The van der Waals surface area contributed by atoms with Gasteiger partial charge in [0.25, 0.3) is 0 Å². The number of halogens is 4. The fourth-order valence-electron chi connectivity index (χ4n) is 0.784. The molecule has 0 fully saturated rings. The molecule has 1 aromatic heterocycles. The second-order valence-corrected chi connectivity index (χ2v) is 4.49. The number of aliphatic imine (C=N–C) groups is 1. The molecular formula is C7H8BrF3N4S. The van der Waals surface area contributed by atoms with Gasteiger partial charge in [-0.3, -0.25) is 4.99 Å². The van der Waals surface area contributed by atoms with Crippen molar-refractivity contribution in [3.8, 4) is 0 Å². The van der Waals surface area contributed by atoms with Crippen LogP contribution < -0.4 is 11.3 Å². The summed E-state index contributed by atoms with van der Waals surface area (Å²) in [6.07, 6.45) is -4.39. The highest BCUT2D eigenvalue weighted by Crippen LogP contribution is 2.23.